The fourth-order valence-corrected chi connectivity index (χ4v) is 2.63. The molecule has 28 heavy (non-hydrogen) atoms. The maximum absolute atomic E-state index is 12.5. The zero-order chi connectivity index (χ0) is 19.6. The highest BCUT2D eigenvalue weighted by Gasteiger charge is 2.19. The first-order valence-corrected chi connectivity index (χ1v) is 8.85. The van der Waals surface area contributed by atoms with Gasteiger partial charge in [-0.15, -0.1) is 0 Å². The molecule has 2 amide bonds. The molecule has 3 rings (SSSR count). The second-order valence-corrected chi connectivity index (χ2v) is 6.09. The Morgan fingerprint density at radius 3 is 2.36 bits per heavy atom. The van der Waals surface area contributed by atoms with E-state index in [0.717, 1.165) is 11.1 Å². The Hall–Kier alpha value is -3.80. The number of pyridine rings is 1. The van der Waals surface area contributed by atoms with Gasteiger partial charge in [0.15, 0.2) is 0 Å². The van der Waals surface area contributed by atoms with Gasteiger partial charge in [-0.1, -0.05) is 54.6 Å². The molecule has 3 aromatic rings. The zero-order valence-electron chi connectivity index (χ0n) is 15.2. The Labute approximate surface area is 163 Å². The number of carbonyl (C=O) groups excluding carboxylic acids is 2. The lowest BCUT2D eigenvalue weighted by Crippen LogP contribution is -2.32. The van der Waals surface area contributed by atoms with E-state index in [1.807, 2.05) is 42.5 Å². The number of carbonyl (C=O) groups is 2. The van der Waals surface area contributed by atoms with Crippen LogP contribution in [0.1, 0.15) is 33.9 Å². The van der Waals surface area contributed by atoms with Crippen molar-refractivity contribution in [3.8, 4) is 0 Å². The predicted molar refractivity (Wildman–Crippen MR) is 108 cm³/mol. The van der Waals surface area contributed by atoms with Crippen LogP contribution in [0.3, 0.4) is 0 Å². The summed E-state index contributed by atoms with van der Waals surface area (Å²) in [6.45, 7) is 0. The van der Waals surface area contributed by atoms with Crippen molar-refractivity contribution in [3.63, 3.8) is 0 Å². The number of hydrogen-bond acceptors (Lipinski definition) is 4. The fraction of sp³-hybridized carbons (Fsp3) is 0.0909. The van der Waals surface area contributed by atoms with Crippen molar-refractivity contribution < 1.29 is 9.59 Å². The molecule has 140 valence electrons. The first kappa shape index (κ1) is 19.0. The lowest BCUT2D eigenvalue weighted by atomic mass is 10.0. The molecule has 0 unspecified atom stereocenters. The van der Waals surface area contributed by atoms with Gasteiger partial charge in [0.1, 0.15) is 0 Å². The Balaban J connectivity index is 1.66. The normalized spacial score (nSPS) is 11.7. The summed E-state index contributed by atoms with van der Waals surface area (Å²) in [6, 6.07) is 21.4. The molecule has 6 heteroatoms. The van der Waals surface area contributed by atoms with Crippen molar-refractivity contribution in [1.29, 1.82) is 0 Å². The van der Waals surface area contributed by atoms with Crippen LogP contribution < -0.4 is 10.7 Å². The summed E-state index contributed by atoms with van der Waals surface area (Å²) < 4.78 is 0. The Kier molecular flexibility index (Phi) is 6.62. The number of hydrogen-bond donors (Lipinski definition) is 2. The van der Waals surface area contributed by atoms with Crippen LogP contribution in [-0.4, -0.2) is 23.0 Å². The molecule has 2 aromatic carbocycles. The first-order chi connectivity index (χ1) is 13.7. The molecule has 0 aliphatic heterocycles. The predicted octanol–water partition coefficient (Wildman–Crippen LogP) is 3.09. The molecule has 0 bridgehead atoms. The molecule has 0 aliphatic rings. The smallest absolute Gasteiger partial charge is 0.251 e. The van der Waals surface area contributed by atoms with Crippen LogP contribution in [0.2, 0.25) is 0 Å². The van der Waals surface area contributed by atoms with Crippen molar-refractivity contribution in [2.24, 2.45) is 5.10 Å². The van der Waals surface area contributed by atoms with Gasteiger partial charge in [-0.05, 0) is 23.8 Å². The van der Waals surface area contributed by atoms with Gasteiger partial charge in [-0.2, -0.15) is 5.10 Å². The van der Waals surface area contributed by atoms with Crippen molar-refractivity contribution in [2.75, 3.05) is 0 Å². The number of rotatable bonds is 7. The molecular weight excluding hydrogens is 352 g/mol. The first-order valence-electron chi connectivity index (χ1n) is 8.85. The van der Waals surface area contributed by atoms with E-state index in [4.69, 9.17) is 0 Å². The summed E-state index contributed by atoms with van der Waals surface area (Å²) in [5.41, 5.74) is 4.66. The number of nitrogens with zero attached hydrogens (tertiary/aromatic N) is 2. The van der Waals surface area contributed by atoms with Crippen molar-refractivity contribution in [1.82, 2.24) is 15.7 Å². The number of hydrazone groups is 1. The molecule has 2 N–H and O–H groups in total. The molecule has 1 heterocycles. The van der Waals surface area contributed by atoms with Crippen LogP contribution in [-0.2, 0) is 4.79 Å². The highest BCUT2D eigenvalue weighted by molar-refractivity contribution is 5.94. The highest BCUT2D eigenvalue weighted by atomic mass is 16.2. The monoisotopic (exact) mass is 372 g/mol. The van der Waals surface area contributed by atoms with Crippen molar-refractivity contribution in [2.45, 2.75) is 12.5 Å². The van der Waals surface area contributed by atoms with Gasteiger partial charge in [-0.3, -0.25) is 14.6 Å². The third kappa shape index (κ3) is 5.60. The molecule has 6 nitrogen and oxygen atoms in total. The second kappa shape index (κ2) is 9.78. The summed E-state index contributed by atoms with van der Waals surface area (Å²) >= 11 is 0. The number of aromatic nitrogens is 1. The average Bonchev–Trinajstić information content (AvgIpc) is 2.75. The molecule has 0 fully saturated rings. The van der Waals surface area contributed by atoms with Crippen LogP contribution in [0.5, 0.6) is 0 Å². The Morgan fingerprint density at radius 1 is 0.964 bits per heavy atom. The fourth-order valence-electron chi connectivity index (χ4n) is 2.63. The Bertz CT molecular complexity index is 929. The van der Waals surface area contributed by atoms with Crippen LogP contribution in [0, 0.1) is 0 Å². The van der Waals surface area contributed by atoms with Gasteiger partial charge < -0.3 is 5.32 Å². The van der Waals surface area contributed by atoms with Crippen molar-refractivity contribution >= 4 is 18.0 Å². The van der Waals surface area contributed by atoms with E-state index in [1.165, 1.54) is 6.21 Å². The maximum Gasteiger partial charge on any atom is 0.251 e. The van der Waals surface area contributed by atoms with E-state index in [-0.39, 0.29) is 18.2 Å². The molecular formula is C22H20N4O2. The molecule has 0 aliphatic carbocycles. The topological polar surface area (TPSA) is 83.5 Å². The van der Waals surface area contributed by atoms with Gasteiger partial charge in [-0.25, -0.2) is 5.43 Å². The minimum absolute atomic E-state index is 0.0625. The lowest BCUT2D eigenvalue weighted by Gasteiger charge is -2.18. The maximum atomic E-state index is 12.5. The zero-order valence-corrected chi connectivity index (χ0v) is 15.2. The largest absolute Gasteiger partial charge is 0.345 e. The third-order valence-corrected chi connectivity index (χ3v) is 4.02. The van der Waals surface area contributed by atoms with Gasteiger partial charge in [0, 0.05) is 23.5 Å². The summed E-state index contributed by atoms with van der Waals surface area (Å²) in [5.74, 6) is -0.538. The van der Waals surface area contributed by atoms with Gasteiger partial charge >= 0.3 is 0 Å². The summed E-state index contributed by atoms with van der Waals surface area (Å²) in [6.07, 6.45) is 4.89. The number of amides is 2. The highest BCUT2D eigenvalue weighted by Crippen LogP contribution is 2.17. The number of nitrogens with one attached hydrogen (secondary N) is 2. The van der Waals surface area contributed by atoms with E-state index in [0.29, 0.717) is 5.56 Å². The minimum atomic E-state index is -0.470. The number of benzene rings is 2. The SMILES string of the molecule is O=C(C[C@H](NC(=O)c1ccccc1)c1ccccc1)N/N=C\c1cccnc1. The van der Waals surface area contributed by atoms with Crippen LogP contribution >= 0.6 is 0 Å². The summed E-state index contributed by atoms with van der Waals surface area (Å²) in [4.78, 5) is 28.9. The molecule has 0 saturated carbocycles. The van der Waals surface area contributed by atoms with E-state index in [2.05, 4.69) is 20.8 Å². The van der Waals surface area contributed by atoms with E-state index >= 15 is 0 Å². The van der Waals surface area contributed by atoms with Gasteiger partial charge in [0.25, 0.3) is 5.91 Å². The van der Waals surface area contributed by atoms with E-state index in [1.54, 1.807) is 42.7 Å². The average molecular weight is 372 g/mol. The minimum Gasteiger partial charge on any atom is -0.345 e. The van der Waals surface area contributed by atoms with Crippen LogP contribution in [0.4, 0.5) is 0 Å². The quantitative estimate of drug-likeness (QED) is 0.494. The van der Waals surface area contributed by atoms with Gasteiger partial charge in [0.2, 0.25) is 5.91 Å². The second-order valence-electron chi connectivity index (χ2n) is 6.09. The van der Waals surface area contributed by atoms with Crippen LogP contribution in [0.25, 0.3) is 0 Å². The molecule has 1 aromatic heterocycles. The Morgan fingerprint density at radius 2 is 1.68 bits per heavy atom. The van der Waals surface area contributed by atoms with Crippen molar-refractivity contribution in [3.05, 3.63) is 102 Å². The molecule has 0 radical (unpaired) electrons. The van der Waals surface area contributed by atoms with Gasteiger partial charge in [0.05, 0.1) is 18.7 Å². The summed E-state index contributed by atoms with van der Waals surface area (Å²) in [5, 5.41) is 6.88. The summed E-state index contributed by atoms with van der Waals surface area (Å²) in [7, 11) is 0. The molecule has 1 atom stereocenters. The van der Waals surface area contributed by atoms with E-state index in [9.17, 15) is 9.59 Å². The molecule has 0 saturated heterocycles. The lowest BCUT2D eigenvalue weighted by molar-refractivity contribution is -0.121. The third-order valence-electron chi connectivity index (χ3n) is 4.02. The van der Waals surface area contributed by atoms with E-state index < -0.39 is 6.04 Å². The van der Waals surface area contributed by atoms with Crippen LogP contribution in [0.15, 0.2) is 90.3 Å². The standard InChI is InChI=1S/C22H20N4O2/c27-21(26-24-16-17-8-7-13-23-15-17)14-20(18-9-3-1-4-10-18)25-22(28)19-11-5-2-6-12-19/h1-13,15-16,20H,14H2,(H,25,28)(H,26,27)/b24-16-/t20-/m0/s1. The molecule has 0 spiro atoms.